The van der Waals surface area contributed by atoms with E-state index in [2.05, 4.69) is 58.3 Å². The summed E-state index contributed by atoms with van der Waals surface area (Å²) in [4.78, 5) is 12.4. The van der Waals surface area contributed by atoms with Crippen LogP contribution in [0.4, 0.5) is 0 Å². The largest absolute Gasteiger partial charge is 0.506 e. The van der Waals surface area contributed by atoms with Gasteiger partial charge in [-0.3, -0.25) is 4.79 Å². The minimum absolute atomic E-state index is 0.0690. The van der Waals surface area contributed by atoms with Gasteiger partial charge < -0.3 is 10.4 Å². The molecule has 0 saturated heterocycles. The second-order valence-corrected chi connectivity index (χ2v) is 9.16. The summed E-state index contributed by atoms with van der Waals surface area (Å²) >= 11 is 5.89. The van der Waals surface area contributed by atoms with Gasteiger partial charge in [0.2, 0.25) is 0 Å². The first kappa shape index (κ1) is 23.1. The predicted molar refractivity (Wildman–Crippen MR) is 141 cm³/mol. The Morgan fingerprint density at radius 2 is 1.83 bits per heavy atom. The van der Waals surface area contributed by atoms with Crippen molar-refractivity contribution in [2.45, 2.75) is 31.8 Å². The van der Waals surface area contributed by atoms with Crippen LogP contribution in [0.3, 0.4) is 0 Å². The fourth-order valence-electron chi connectivity index (χ4n) is 4.72. The molecule has 4 aromatic carbocycles. The van der Waals surface area contributed by atoms with E-state index in [9.17, 15) is 9.90 Å². The van der Waals surface area contributed by atoms with Crippen molar-refractivity contribution in [3.8, 4) is 5.75 Å². The number of hydrogen-bond acceptors (Lipinski definition) is 4. The first-order valence-electron chi connectivity index (χ1n) is 11.7. The molecule has 0 heterocycles. The number of hydrogen-bond donors (Lipinski definition) is 3. The molecule has 5 nitrogen and oxygen atoms in total. The molecule has 1 aliphatic carbocycles. The van der Waals surface area contributed by atoms with E-state index >= 15 is 0 Å². The van der Waals surface area contributed by atoms with E-state index in [4.69, 9.17) is 11.6 Å². The van der Waals surface area contributed by atoms with Gasteiger partial charge in [-0.1, -0.05) is 72.3 Å². The van der Waals surface area contributed by atoms with Crippen molar-refractivity contribution >= 4 is 34.5 Å². The average Bonchev–Trinajstić information content (AvgIpc) is 2.89. The highest BCUT2D eigenvalue weighted by Gasteiger charge is 2.19. The zero-order valence-corrected chi connectivity index (χ0v) is 19.9. The lowest BCUT2D eigenvalue weighted by molar-refractivity contribution is 0.0955. The average molecular weight is 484 g/mol. The minimum Gasteiger partial charge on any atom is -0.506 e. The number of phenolic OH excluding ortho intramolecular Hbond substituents is 1. The van der Waals surface area contributed by atoms with E-state index in [-0.39, 0.29) is 10.8 Å². The lowest BCUT2D eigenvalue weighted by atomic mass is 9.87. The molecule has 0 fully saturated rings. The van der Waals surface area contributed by atoms with E-state index in [1.807, 2.05) is 18.2 Å². The number of halogens is 1. The Morgan fingerprint density at radius 1 is 1.03 bits per heavy atom. The highest BCUT2D eigenvalue weighted by atomic mass is 35.5. The van der Waals surface area contributed by atoms with Crippen LogP contribution in [0.15, 0.2) is 84.0 Å². The van der Waals surface area contributed by atoms with Crippen molar-refractivity contribution in [2.24, 2.45) is 5.10 Å². The molecule has 176 valence electrons. The fourth-order valence-corrected chi connectivity index (χ4v) is 4.90. The molecule has 0 spiro atoms. The van der Waals surface area contributed by atoms with Crippen LogP contribution in [0.2, 0.25) is 5.02 Å². The molecule has 0 aromatic heterocycles. The Hall–Kier alpha value is -3.67. The predicted octanol–water partition coefficient (Wildman–Crippen LogP) is 6.13. The third-order valence-corrected chi connectivity index (χ3v) is 6.84. The lowest BCUT2D eigenvalue weighted by Crippen LogP contribution is -2.25. The maximum absolute atomic E-state index is 12.4. The number of fused-ring (bicyclic) bond motifs is 2. The number of benzene rings is 4. The number of nitrogens with one attached hydrogen (secondary N) is 2. The second kappa shape index (κ2) is 10.3. The van der Waals surface area contributed by atoms with Gasteiger partial charge in [0.05, 0.1) is 11.2 Å². The Morgan fingerprint density at radius 3 is 2.69 bits per heavy atom. The number of aromatic hydroxyl groups is 1. The standard InChI is InChI=1S/C29H26ClN3O2/c30-26-16-20(14-15-28(26)34)29(35)33-32-18-22-13-12-21(23-8-3-4-9-24(22)23)17-31-27-11-5-7-19-6-1-2-10-25(19)27/h1-4,6,8-10,12-16,18,27,31,34H,5,7,11,17H2,(H,33,35)/b32-18+. The monoisotopic (exact) mass is 483 g/mol. The number of amides is 1. The van der Waals surface area contributed by atoms with Gasteiger partial charge in [-0.15, -0.1) is 0 Å². The third-order valence-electron chi connectivity index (χ3n) is 6.54. The van der Waals surface area contributed by atoms with E-state index < -0.39 is 5.91 Å². The van der Waals surface area contributed by atoms with Crippen LogP contribution in [0.25, 0.3) is 10.8 Å². The van der Waals surface area contributed by atoms with Crippen LogP contribution < -0.4 is 10.7 Å². The second-order valence-electron chi connectivity index (χ2n) is 8.75. The Labute approximate surface area is 209 Å². The summed E-state index contributed by atoms with van der Waals surface area (Å²) in [6.07, 6.45) is 5.15. The zero-order chi connectivity index (χ0) is 24.2. The van der Waals surface area contributed by atoms with E-state index in [0.29, 0.717) is 11.6 Å². The summed E-state index contributed by atoms with van der Waals surface area (Å²) in [5, 5.41) is 19.8. The molecule has 0 radical (unpaired) electrons. The molecule has 0 aliphatic heterocycles. The van der Waals surface area contributed by atoms with Crippen LogP contribution in [0, 0.1) is 0 Å². The summed E-state index contributed by atoms with van der Waals surface area (Å²) < 4.78 is 0. The number of aryl methyl sites for hydroxylation is 1. The first-order chi connectivity index (χ1) is 17.1. The van der Waals surface area contributed by atoms with Crippen molar-refractivity contribution in [1.29, 1.82) is 0 Å². The summed E-state index contributed by atoms with van der Waals surface area (Å²) in [6.45, 7) is 0.773. The smallest absolute Gasteiger partial charge is 0.271 e. The van der Waals surface area contributed by atoms with E-state index in [1.165, 1.54) is 41.3 Å². The van der Waals surface area contributed by atoms with Gasteiger partial charge in [-0.05, 0) is 64.9 Å². The molecule has 6 heteroatoms. The molecule has 1 unspecified atom stereocenters. The number of nitrogens with zero attached hydrogens (tertiary/aromatic N) is 1. The summed E-state index contributed by atoms with van der Waals surface area (Å²) in [5.74, 6) is -0.471. The SMILES string of the molecule is O=C(N/N=C/c1ccc(CNC2CCCc3ccccc32)c2ccccc12)c1ccc(O)c(Cl)c1. The minimum atomic E-state index is -0.402. The van der Waals surface area contributed by atoms with Crippen LogP contribution >= 0.6 is 11.6 Å². The number of carbonyl (C=O) groups is 1. The van der Waals surface area contributed by atoms with Gasteiger partial charge in [0.25, 0.3) is 5.91 Å². The Balaban J connectivity index is 1.32. The molecule has 1 aliphatic rings. The van der Waals surface area contributed by atoms with E-state index in [0.717, 1.165) is 35.7 Å². The maximum Gasteiger partial charge on any atom is 0.271 e. The van der Waals surface area contributed by atoms with Crippen LogP contribution in [0.1, 0.15) is 51.5 Å². The molecule has 1 atom stereocenters. The molecule has 1 amide bonds. The molecule has 35 heavy (non-hydrogen) atoms. The van der Waals surface area contributed by atoms with Gasteiger partial charge in [-0.2, -0.15) is 5.10 Å². The van der Waals surface area contributed by atoms with Gasteiger partial charge in [-0.25, -0.2) is 5.43 Å². The molecule has 3 N–H and O–H groups in total. The molecule has 5 rings (SSSR count). The Bertz CT molecular complexity index is 1420. The Kier molecular flexibility index (Phi) is 6.80. The maximum atomic E-state index is 12.4. The van der Waals surface area contributed by atoms with Crippen LogP contribution in [-0.2, 0) is 13.0 Å². The lowest BCUT2D eigenvalue weighted by Gasteiger charge is -2.26. The topological polar surface area (TPSA) is 73.7 Å². The van der Waals surface area contributed by atoms with E-state index in [1.54, 1.807) is 6.21 Å². The van der Waals surface area contributed by atoms with Crippen molar-refractivity contribution < 1.29 is 9.90 Å². The summed E-state index contributed by atoms with van der Waals surface area (Å²) in [5.41, 5.74) is 7.85. The number of carbonyl (C=O) groups excluding carboxylic acids is 1. The summed E-state index contributed by atoms with van der Waals surface area (Å²) in [6, 6.07) is 25.8. The quantitative estimate of drug-likeness (QED) is 0.228. The molecular weight excluding hydrogens is 458 g/mol. The highest BCUT2D eigenvalue weighted by molar-refractivity contribution is 6.32. The molecule has 0 bridgehead atoms. The number of hydrazone groups is 1. The molecular formula is C29H26ClN3O2. The van der Waals surface area contributed by atoms with Crippen molar-refractivity contribution in [3.63, 3.8) is 0 Å². The molecule has 0 saturated carbocycles. The van der Waals surface area contributed by atoms with Crippen molar-refractivity contribution in [3.05, 3.63) is 112 Å². The van der Waals surface area contributed by atoms with Gasteiger partial charge >= 0.3 is 0 Å². The third kappa shape index (κ3) is 5.06. The van der Waals surface area contributed by atoms with Crippen molar-refractivity contribution in [2.75, 3.05) is 0 Å². The normalized spacial score (nSPS) is 15.3. The van der Waals surface area contributed by atoms with Gasteiger partial charge in [0.15, 0.2) is 0 Å². The number of rotatable bonds is 6. The van der Waals surface area contributed by atoms with Crippen molar-refractivity contribution in [1.82, 2.24) is 10.7 Å². The fraction of sp³-hybridized carbons (Fsp3) is 0.172. The first-order valence-corrected chi connectivity index (χ1v) is 12.1. The molecule has 4 aromatic rings. The zero-order valence-electron chi connectivity index (χ0n) is 19.2. The number of phenols is 1. The van der Waals surface area contributed by atoms with Crippen LogP contribution in [0.5, 0.6) is 5.75 Å². The van der Waals surface area contributed by atoms with Gasteiger partial charge in [0, 0.05) is 23.7 Å². The van der Waals surface area contributed by atoms with Crippen LogP contribution in [-0.4, -0.2) is 17.2 Å². The highest BCUT2D eigenvalue weighted by Crippen LogP contribution is 2.30. The summed E-state index contributed by atoms with van der Waals surface area (Å²) in [7, 11) is 0. The van der Waals surface area contributed by atoms with Gasteiger partial charge in [0.1, 0.15) is 5.75 Å².